The molecule has 0 amide bonds. The standard InChI is InChI=1S/C35H68N8O4/c1-13-15-27(25-21-32(3,4)42(46-11)33(5,6)22-25)36-29-38-30(40-31(39-29)41(17-19-44)18-20-45)37-28(16-14-2)26-23-34(7,8)43(47-12)35(9,10)24-26/h25-28,44-45H,13-24H2,1-12H3,(H2,36,37,38,39,40). The highest BCUT2D eigenvalue weighted by atomic mass is 16.7. The third-order valence-corrected chi connectivity index (χ3v) is 10.2. The molecule has 2 atom stereocenters. The third kappa shape index (κ3) is 9.66. The van der Waals surface area contributed by atoms with E-state index in [0.29, 0.717) is 42.8 Å². The Bertz CT molecular complexity index is 1000. The maximum atomic E-state index is 9.86. The first kappa shape index (κ1) is 39.6. The van der Waals surface area contributed by atoms with Gasteiger partial charge in [0.25, 0.3) is 0 Å². The molecule has 2 aliphatic rings. The SMILES string of the molecule is CCCC(Nc1nc(NC(CCC)C2CC(C)(C)N(OC)C(C)(C)C2)nc(N(CCO)CCO)n1)C1CC(C)(C)N(OC)C(C)(C)C1. The molecule has 272 valence electrons. The molecule has 0 bridgehead atoms. The van der Waals surface area contributed by atoms with E-state index in [4.69, 9.17) is 24.6 Å². The minimum atomic E-state index is -0.141. The van der Waals surface area contributed by atoms with Crippen LogP contribution in [0.1, 0.15) is 121 Å². The van der Waals surface area contributed by atoms with Crippen LogP contribution in [0.2, 0.25) is 0 Å². The van der Waals surface area contributed by atoms with Gasteiger partial charge < -0.3 is 35.4 Å². The summed E-state index contributed by atoms with van der Waals surface area (Å²) in [6, 6.07) is 0.299. The molecular formula is C35H68N8O4. The summed E-state index contributed by atoms with van der Waals surface area (Å²) < 4.78 is 0. The van der Waals surface area contributed by atoms with Gasteiger partial charge in [0.2, 0.25) is 17.8 Å². The fraction of sp³-hybridized carbons (Fsp3) is 0.914. The number of hydrogen-bond acceptors (Lipinski definition) is 12. The molecule has 2 unspecified atom stereocenters. The highest BCUT2D eigenvalue weighted by molar-refractivity contribution is 5.45. The van der Waals surface area contributed by atoms with Crippen molar-refractivity contribution in [2.24, 2.45) is 11.8 Å². The quantitative estimate of drug-likeness (QED) is 0.168. The van der Waals surface area contributed by atoms with Gasteiger partial charge in [-0.25, -0.2) is 0 Å². The molecule has 2 fully saturated rings. The van der Waals surface area contributed by atoms with Crippen LogP contribution in [0.15, 0.2) is 0 Å². The zero-order chi connectivity index (χ0) is 35.2. The average Bonchev–Trinajstić information content (AvgIpc) is 2.94. The maximum absolute atomic E-state index is 9.86. The molecule has 0 aliphatic carbocycles. The van der Waals surface area contributed by atoms with Gasteiger partial charge in [-0.15, -0.1) is 0 Å². The van der Waals surface area contributed by atoms with Crippen LogP contribution in [0.5, 0.6) is 0 Å². The number of nitrogens with zero attached hydrogens (tertiary/aromatic N) is 6. The summed E-state index contributed by atoms with van der Waals surface area (Å²) >= 11 is 0. The van der Waals surface area contributed by atoms with Crippen molar-refractivity contribution in [2.45, 2.75) is 155 Å². The number of aromatic nitrogens is 3. The van der Waals surface area contributed by atoms with Crippen LogP contribution in [0.25, 0.3) is 0 Å². The van der Waals surface area contributed by atoms with Crippen molar-refractivity contribution in [3.63, 3.8) is 0 Å². The molecule has 2 saturated heterocycles. The lowest BCUT2D eigenvalue weighted by Gasteiger charge is -2.54. The fourth-order valence-corrected chi connectivity index (χ4v) is 9.23. The summed E-state index contributed by atoms with van der Waals surface area (Å²) in [7, 11) is 3.54. The van der Waals surface area contributed by atoms with Gasteiger partial charge >= 0.3 is 0 Å². The van der Waals surface area contributed by atoms with Crippen LogP contribution in [-0.2, 0) is 9.68 Å². The van der Waals surface area contributed by atoms with Gasteiger partial charge in [-0.3, -0.25) is 0 Å². The smallest absolute Gasteiger partial charge is 0.232 e. The van der Waals surface area contributed by atoms with Gasteiger partial charge in [-0.05, 0) is 106 Å². The number of hydrogen-bond donors (Lipinski definition) is 4. The number of aliphatic hydroxyl groups excluding tert-OH is 2. The Labute approximate surface area is 285 Å². The number of nitrogens with one attached hydrogen (secondary N) is 2. The van der Waals surface area contributed by atoms with Gasteiger partial charge in [0.05, 0.1) is 27.4 Å². The second kappa shape index (κ2) is 16.3. The topological polar surface area (TPSA) is 131 Å². The lowest BCUT2D eigenvalue weighted by Crippen LogP contribution is -2.61. The van der Waals surface area contributed by atoms with Crippen LogP contribution in [-0.4, -0.2) is 110 Å². The number of anilines is 3. The molecule has 1 aromatic rings. The van der Waals surface area contributed by atoms with Gasteiger partial charge in [-0.1, -0.05) is 26.7 Å². The summed E-state index contributed by atoms with van der Waals surface area (Å²) in [4.78, 5) is 28.4. The van der Waals surface area contributed by atoms with Crippen LogP contribution in [0.3, 0.4) is 0 Å². The summed E-state index contributed by atoms with van der Waals surface area (Å²) in [5, 5.41) is 31.6. The Hall–Kier alpha value is -1.83. The molecule has 0 saturated carbocycles. The van der Waals surface area contributed by atoms with Crippen molar-refractivity contribution in [2.75, 3.05) is 56.1 Å². The molecule has 12 nitrogen and oxygen atoms in total. The van der Waals surface area contributed by atoms with E-state index in [0.717, 1.165) is 51.4 Å². The minimum absolute atomic E-state index is 0.0708. The van der Waals surface area contributed by atoms with E-state index >= 15 is 0 Å². The number of rotatable bonds is 17. The number of piperidine rings is 2. The second-order valence-corrected chi connectivity index (χ2v) is 16.3. The lowest BCUT2D eigenvalue weighted by molar-refractivity contribution is -0.272. The lowest BCUT2D eigenvalue weighted by atomic mass is 9.71. The van der Waals surface area contributed by atoms with Gasteiger partial charge in [0, 0.05) is 47.3 Å². The van der Waals surface area contributed by atoms with Crippen LogP contribution < -0.4 is 15.5 Å². The Morgan fingerprint density at radius 3 is 1.30 bits per heavy atom. The molecule has 3 heterocycles. The van der Waals surface area contributed by atoms with E-state index in [2.05, 4.69) is 90.0 Å². The molecular weight excluding hydrogens is 596 g/mol. The van der Waals surface area contributed by atoms with E-state index in [-0.39, 0.29) is 47.5 Å². The normalized spacial score (nSPS) is 22.9. The first-order valence-corrected chi connectivity index (χ1v) is 17.9. The summed E-state index contributed by atoms with van der Waals surface area (Å²) in [5.74, 6) is 2.23. The Morgan fingerprint density at radius 1 is 0.681 bits per heavy atom. The van der Waals surface area contributed by atoms with Crippen molar-refractivity contribution in [1.82, 2.24) is 25.1 Å². The predicted molar refractivity (Wildman–Crippen MR) is 190 cm³/mol. The Morgan fingerprint density at radius 2 is 1.02 bits per heavy atom. The third-order valence-electron chi connectivity index (χ3n) is 10.2. The van der Waals surface area contributed by atoms with Crippen molar-refractivity contribution < 1.29 is 19.9 Å². The van der Waals surface area contributed by atoms with Crippen molar-refractivity contribution in [1.29, 1.82) is 0 Å². The monoisotopic (exact) mass is 665 g/mol. The Balaban J connectivity index is 2.01. The first-order valence-electron chi connectivity index (χ1n) is 17.9. The van der Waals surface area contributed by atoms with Crippen molar-refractivity contribution in [3.05, 3.63) is 0 Å². The van der Waals surface area contributed by atoms with Crippen LogP contribution in [0.4, 0.5) is 17.8 Å². The van der Waals surface area contributed by atoms with Crippen molar-refractivity contribution >= 4 is 17.8 Å². The van der Waals surface area contributed by atoms with E-state index in [9.17, 15) is 10.2 Å². The summed E-state index contributed by atoms with van der Waals surface area (Å²) in [6.45, 7) is 23.0. The summed E-state index contributed by atoms with van der Waals surface area (Å²) in [6.07, 6.45) is 7.88. The van der Waals surface area contributed by atoms with Gasteiger partial charge in [0.1, 0.15) is 0 Å². The average molecular weight is 665 g/mol. The molecule has 3 rings (SSSR count). The van der Waals surface area contributed by atoms with Gasteiger partial charge in [-0.2, -0.15) is 25.1 Å². The minimum Gasteiger partial charge on any atom is -0.395 e. The molecule has 0 aromatic carbocycles. The second-order valence-electron chi connectivity index (χ2n) is 16.3. The highest BCUT2D eigenvalue weighted by Crippen LogP contribution is 2.45. The molecule has 47 heavy (non-hydrogen) atoms. The van der Waals surface area contributed by atoms with Gasteiger partial charge in [0.15, 0.2) is 0 Å². The number of hydroxylamine groups is 4. The highest BCUT2D eigenvalue weighted by Gasteiger charge is 2.49. The molecule has 2 aliphatic heterocycles. The Kier molecular flexibility index (Phi) is 13.7. The first-order chi connectivity index (χ1) is 22.0. The molecule has 0 spiro atoms. The fourth-order valence-electron chi connectivity index (χ4n) is 9.23. The molecule has 1 aromatic heterocycles. The molecule has 12 heteroatoms. The van der Waals surface area contributed by atoms with E-state index in [1.165, 1.54) is 0 Å². The van der Waals surface area contributed by atoms with E-state index in [1.807, 2.05) is 4.90 Å². The molecule has 0 radical (unpaired) electrons. The van der Waals surface area contributed by atoms with Crippen molar-refractivity contribution in [3.8, 4) is 0 Å². The summed E-state index contributed by atoms with van der Waals surface area (Å²) in [5.41, 5.74) is -0.563. The van der Waals surface area contributed by atoms with Crippen LogP contribution >= 0.6 is 0 Å². The zero-order valence-electron chi connectivity index (χ0n) is 31.7. The molecule has 4 N–H and O–H groups in total. The van der Waals surface area contributed by atoms with E-state index in [1.54, 1.807) is 14.2 Å². The van der Waals surface area contributed by atoms with Crippen LogP contribution in [0, 0.1) is 11.8 Å². The zero-order valence-corrected chi connectivity index (χ0v) is 31.7. The number of aliphatic hydroxyl groups is 2. The van der Waals surface area contributed by atoms with E-state index < -0.39 is 0 Å². The maximum Gasteiger partial charge on any atom is 0.232 e. The predicted octanol–water partition coefficient (Wildman–Crippen LogP) is 5.49. The largest absolute Gasteiger partial charge is 0.395 e.